The Kier molecular flexibility index (Phi) is 3.82. The first-order chi connectivity index (χ1) is 9.32. The van der Waals surface area contributed by atoms with Crippen molar-refractivity contribution in [2.45, 2.75) is 33.2 Å². The maximum atomic E-state index is 12.1. The fraction of sp³-hybridized carbons (Fsp3) is 0.400. The number of piperidine rings is 1. The van der Waals surface area contributed by atoms with Crippen LogP contribution in [0, 0.1) is 16.7 Å². The summed E-state index contributed by atoms with van der Waals surface area (Å²) in [7, 11) is 0. The van der Waals surface area contributed by atoms with Gasteiger partial charge in [0.2, 0.25) is 11.8 Å². The Balaban J connectivity index is 2.20. The molecule has 1 aliphatic rings. The third-order valence-electron chi connectivity index (χ3n) is 3.37. The summed E-state index contributed by atoms with van der Waals surface area (Å²) < 4.78 is 0. The van der Waals surface area contributed by atoms with Crippen LogP contribution in [-0.2, 0) is 16.1 Å². The van der Waals surface area contributed by atoms with Crippen molar-refractivity contribution in [3.8, 4) is 6.07 Å². The Morgan fingerprint density at radius 3 is 2.40 bits per heavy atom. The molecule has 104 valence electrons. The summed E-state index contributed by atoms with van der Waals surface area (Å²) in [5.41, 5.74) is 0.849. The quantitative estimate of drug-likeness (QED) is 0.787. The van der Waals surface area contributed by atoms with Crippen molar-refractivity contribution in [3.05, 3.63) is 34.3 Å². The number of amides is 2. The molecular weight excluding hydrogens is 276 g/mol. The topological polar surface area (TPSA) is 61.2 Å². The molecule has 0 atom stereocenters. The van der Waals surface area contributed by atoms with Crippen LogP contribution >= 0.6 is 11.6 Å². The van der Waals surface area contributed by atoms with Crippen LogP contribution in [0.2, 0.25) is 5.02 Å². The first-order valence-corrected chi connectivity index (χ1v) is 6.72. The molecule has 0 spiro atoms. The number of hydrogen-bond acceptors (Lipinski definition) is 3. The highest BCUT2D eigenvalue weighted by molar-refractivity contribution is 6.31. The lowest BCUT2D eigenvalue weighted by atomic mass is 9.81. The minimum absolute atomic E-state index is 0.165. The summed E-state index contributed by atoms with van der Waals surface area (Å²) in [6.07, 6.45) is 0.708. The molecule has 0 radical (unpaired) electrons. The van der Waals surface area contributed by atoms with E-state index in [1.807, 2.05) is 19.9 Å². The number of benzene rings is 1. The molecule has 1 fully saturated rings. The van der Waals surface area contributed by atoms with Crippen LogP contribution in [0.25, 0.3) is 0 Å². The minimum atomic E-state index is -0.279. The van der Waals surface area contributed by atoms with Crippen molar-refractivity contribution in [1.29, 1.82) is 5.26 Å². The van der Waals surface area contributed by atoms with E-state index in [1.54, 1.807) is 18.2 Å². The second-order valence-electron chi connectivity index (χ2n) is 5.81. The van der Waals surface area contributed by atoms with Gasteiger partial charge in [0.1, 0.15) is 0 Å². The van der Waals surface area contributed by atoms with Gasteiger partial charge in [0.05, 0.1) is 18.2 Å². The molecule has 1 aromatic carbocycles. The van der Waals surface area contributed by atoms with E-state index in [9.17, 15) is 9.59 Å². The number of carbonyl (C=O) groups is 2. The van der Waals surface area contributed by atoms with Gasteiger partial charge in [-0.2, -0.15) is 5.26 Å². The number of imide groups is 1. The van der Waals surface area contributed by atoms with Crippen molar-refractivity contribution in [1.82, 2.24) is 4.90 Å². The molecule has 20 heavy (non-hydrogen) atoms. The number of nitrogens with zero attached hydrogens (tertiary/aromatic N) is 2. The van der Waals surface area contributed by atoms with E-state index in [1.165, 1.54) is 4.90 Å². The zero-order valence-electron chi connectivity index (χ0n) is 11.4. The molecule has 1 saturated heterocycles. The van der Waals surface area contributed by atoms with Gasteiger partial charge in [0.25, 0.3) is 0 Å². The Morgan fingerprint density at radius 1 is 1.30 bits per heavy atom. The highest BCUT2D eigenvalue weighted by Gasteiger charge is 2.37. The Morgan fingerprint density at radius 2 is 1.90 bits per heavy atom. The van der Waals surface area contributed by atoms with E-state index >= 15 is 0 Å². The van der Waals surface area contributed by atoms with Crippen LogP contribution in [0.3, 0.4) is 0 Å². The van der Waals surface area contributed by atoms with Crippen LogP contribution in [0.1, 0.15) is 37.8 Å². The van der Waals surface area contributed by atoms with Crippen LogP contribution in [0.4, 0.5) is 0 Å². The van der Waals surface area contributed by atoms with Crippen LogP contribution in [-0.4, -0.2) is 16.7 Å². The number of halogens is 1. The van der Waals surface area contributed by atoms with Gasteiger partial charge in [-0.05, 0) is 23.1 Å². The molecule has 5 heteroatoms. The lowest BCUT2D eigenvalue weighted by Gasteiger charge is -2.34. The summed E-state index contributed by atoms with van der Waals surface area (Å²) in [5.74, 6) is -0.349. The van der Waals surface area contributed by atoms with Crippen molar-refractivity contribution in [2.24, 2.45) is 5.41 Å². The smallest absolute Gasteiger partial charge is 0.230 e. The molecule has 0 aliphatic carbocycles. The summed E-state index contributed by atoms with van der Waals surface area (Å²) in [6, 6.07) is 6.85. The lowest BCUT2D eigenvalue weighted by Crippen LogP contribution is -2.45. The van der Waals surface area contributed by atoms with Gasteiger partial charge in [-0.25, -0.2) is 0 Å². The molecule has 1 aromatic rings. The molecule has 0 unspecified atom stereocenters. The summed E-state index contributed by atoms with van der Waals surface area (Å²) in [4.78, 5) is 25.4. The first-order valence-electron chi connectivity index (χ1n) is 6.34. The maximum absolute atomic E-state index is 12.1. The van der Waals surface area contributed by atoms with E-state index in [4.69, 9.17) is 16.9 Å². The zero-order valence-corrected chi connectivity index (χ0v) is 12.2. The number of likely N-dealkylation sites (tertiary alicyclic amines) is 1. The molecule has 1 heterocycles. The molecule has 0 saturated carbocycles. The molecule has 2 amide bonds. The van der Waals surface area contributed by atoms with E-state index in [2.05, 4.69) is 0 Å². The highest BCUT2D eigenvalue weighted by Crippen LogP contribution is 2.32. The van der Waals surface area contributed by atoms with Crippen molar-refractivity contribution in [2.75, 3.05) is 0 Å². The average molecular weight is 291 g/mol. The van der Waals surface area contributed by atoms with Crippen molar-refractivity contribution < 1.29 is 9.59 Å². The lowest BCUT2D eigenvalue weighted by molar-refractivity contribution is -0.153. The standard InChI is InChI=1S/C15H15ClN2O2/c1-15(2)6-13(19)18(14(20)7-15)9-11-4-3-10(8-17)5-12(11)16/h3-5H,6-7,9H2,1-2H3. The molecule has 1 aliphatic heterocycles. The van der Waals surface area contributed by atoms with E-state index in [0.29, 0.717) is 29.0 Å². The Labute approximate surface area is 122 Å². The largest absolute Gasteiger partial charge is 0.278 e. The van der Waals surface area contributed by atoms with Gasteiger partial charge < -0.3 is 0 Å². The summed E-state index contributed by atoms with van der Waals surface area (Å²) >= 11 is 6.08. The van der Waals surface area contributed by atoms with Gasteiger partial charge >= 0.3 is 0 Å². The predicted molar refractivity (Wildman–Crippen MR) is 74.7 cm³/mol. The van der Waals surface area contributed by atoms with Crippen LogP contribution in [0.5, 0.6) is 0 Å². The van der Waals surface area contributed by atoms with Gasteiger partial charge in [0, 0.05) is 17.9 Å². The van der Waals surface area contributed by atoms with Gasteiger partial charge in [-0.1, -0.05) is 31.5 Å². The average Bonchev–Trinajstić information content (AvgIpc) is 2.34. The molecule has 0 bridgehead atoms. The fourth-order valence-corrected chi connectivity index (χ4v) is 2.54. The summed E-state index contributed by atoms with van der Waals surface area (Å²) in [6.45, 7) is 3.99. The van der Waals surface area contributed by atoms with E-state index in [0.717, 1.165) is 0 Å². The number of hydrogen-bond donors (Lipinski definition) is 0. The molecule has 4 nitrogen and oxygen atoms in total. The van der Waals surface area contributed by atoms with Crippen LogP contribution in [0.15, 0.2) is 18.2 Å². The Bertz CT molecular complexity index is 597. The second-order valence-corrected chi connectivity index (χ2v) is 6.22. The number of rotatable bonds is 2. The monoisotopic (exact) mass is 290 g/mol. The number of carbonyl (C=O) groups excluding carboxylic acids is 2. The normalized spacial score (nSPS) is 18.0. The molecular formula is C15H15ClN2O2. The molecule has 0 N–H and O–H groups in total. The first kappa shape index (κ1) is 14.5. The third-order valence-corrected chi connectivity index (χ3v) is 3.72. The van der Waals surface area contributed by atoms with Crippen LogP contribution < -0.4 is 0 Å². The van der Waals surface area contributed by atoms with E-state index in [-0.39, 0.29) is 23.8 Å². The highest BCUT2D eigenvalue weighted by atomic mass is 35.5. The maximum Gasteiger partial charge on any atom is 0.230 e. The van der Waals surface area contributed by atoms with Gasteiger partial charge in [-0.3, -0.25) is 14.5 Å². The van der Waals surface area contributed by atoms with Crippen molar-refractivity contribution >= 4 is 23.4 Å². The Hall–Kier alpha value is -1.86. The SMILES string of the molecule is CC1(C)CC(=O)N(Cc2ccc(C#N)cc2Cl)C(=O)C1. The minimum Gasteiger partial charge on any atom is -0.278 e. The van der Waals surface area contributed by atoms with Gasteiger partial charge in [-0.15, -0.1) is 0 Å². The predicted octanol–water partition coefficient (Wildman–Crippen LogP) is 2.89. The fourth-order valence-electron chi connectivity index (χ4n) is 2.30. The van der Waals surface area contributed by atoms with Crippen molar-refractivity contribution in [3.63, 3.8) is 0 Å². The van der Waals surface area contributed by atoms with E-state index < -0.39 is 0 Å². The molecule has 2 rings (SSSR count). The zero-order chi connectivity index (χ0) is 14.9. The second kappa shape index (κ2) is 5.26. The van der Waals surface area contributed by atoms with Gasteiger partial charge in [0.15, 0.2) is 0 Å². The number of nitriles is 1. The third kappa shape index (κ3) is 3.00. The summed E-state index contributed by atoms with van der Waals surface area (Å²) in [5, 5.41) is 9.19. The molecule has 0 aromatic heterocycles.